The minimum absolute atomic E-state index is 0.0318. The van der Waals surface area contributed by atoms with Gasteiger partial charge in [0.05, 0.1) is 0 Å². The number of aryl methyl sites for hydroxylation is 1. The molecule has 3 nitrogen and oxygen atoms in total. The number of carbonyl (C=O) groups is 1. The normalized spacial score (nSPS) is 14.0. The molecule has 3 N–H and O–H groups in total. The van der Waals surface area contributed by atoms with Crippen LogP contribution in [0.4, 0.5) is 5.69 Å². The summed E-state index contributed by atoms with van der Waals surface area (Å²) < 4.78 is 0. The molecule has 1 rings (SSSR count). The van der Waals surface area contributed by atoms with Gasteiger partial charge in [0, 0.05) is 17.3 Å². The molecule has 18 heavy (non-hydrogen) atoms. The highest BCUT2D eigenvalue weighted by Gasteiger charge is 2.13. The molecule has 100 valence electrons. The largest absolute Gasteiger partial charge is 0.399 e. The van der Waals surface area contributed by atoms with E-state index in [1.165, 1.54) is 0 Å². The van der Waals surface area contributed by atoms with Crippen molar-refractivity contribution < 1.29 is 4.79 Å². The molecule has 0 fully saturated rings. The number of hydrogen-bond acceptors (Lipinski definition) is 2. The monoisotopic (exact) mass is 248 g/mol. The standard InChI is InChI=1S/C15H24N2O/c1-5-10(2)8-12(4)17-15(18)14-9-13(16)7-6-11(14)3/h6-7,9-10,12H,5,8,16H2,1-4H3,(H,17,18). The van der Waals surface area contributed by atoms with E-state index in [9.17, 15) is 4.79 Å². The Hall–Kier alpha value is -1.51. The van der Waals surface area contributed by atoms with Gasteiger partial charge in [-0.15, -0.1) is 0 Å². The van der Waals surface area contributed by atoms with E-state index in [0.717, 1.165) is 18.4 Å². The van der Waals surface area contributed by atoms with Crippen LogP contribution in [0.1, 0.15) is 49.5 Å². The van der Waals surface area contributed by atoms with Crippen molar-refractivity contribution in [1.82, 2.24) is 5.32 Å². The summed E-state index contributed by atoms with van der Waals surface area (Å²) >= 11 is 0. The van der Waals surface area contributed by atoms with Gasteiger partial charge in [0.15, 0.2) is 0 Å². The molecule has 0 aliphatic heterocycles. The SMILES string of the molecule is CCC(C)CC(C)NC(=O)c1cc(N)ccc1C. The summed E-state index contributed by atoms with van der Waals surface area (Å²) in [5.74, 6) is 0.595. The first-order chi connectivity index (χ1) is 8.43. The van der Waals surface area contributed by atoms with E-state index >= 15 is 0 Å². The van der Waals surface area contributed by atoms with Crippen molar-refractivity contribution in [3.05, 3.63) is 29.3 Å². The number of amides is 1. The molecule has 0 saturated carbocycles. The third kappa shape index (κ3) is 4.06. The second-order valence-corrected chi connectivity index (χ2v) is 5.20. The molecule has 0 aliphatic carbocycles. The molecule has 0 aliphatic rings. The van der Waals surface area contributed by atoms with Gasteiger partial charge < -0.3 is 11.1 Å². The van der Waals surface area contributed by atoms with Crippen LogP contribution in [0.5, 0.6) is 0 Å². The van der Waals surface area contributed by atoms with E-state index in [1.807, 2.05) is 26.0 Å². The average Bonchev–Trinajstić information content (AvgIpc) is 2.31. The first kappa shape index (κ1) is 14.6. The van der Waals surface area contributed by atoms with E-state index in [2.05, 4.69) is 19.2 Å². The fourth-order valence-electron chi connectivity index (χ4n) is 2.01. The smallest absolute Gasteiger partial charge is 0.251 e. The predicted octanol–water partition coefficient (Wildman–Crippen LogP) is 3.13. The van der Waals surface area contributed by atoms with E-state index in [1.54, 1.807) is 6.07 Å². The fraction of sp³-hybridized carbons (Fsp3) is 0.533. The predicted molar refractivity (Wildman–Crippen MR) is 76.6 cm³/mol. The minimum Gasteiger partial charge on any atom is -0.399 e. The van der Waals surface area contributed by atoms with E-state index < -0.39 is 0 Å². The Morgan fingerprint density at radius 3 is 2.67 bits per heavy atom. The maximum atomic E-state index is 12.1. The topological polar surface area (TPSA) is 55.1 Å². The van der Waals surface area contributed by atoms with Gasteiger partial charge in [0.2, 0.25) is 0 Å². The molecule has 0 bridgehead atoms. The molecule has 0 spiro atoms. The lowest BCUT2D eigenvalue weighted by Crippen LogP contribution is -2.34. The zero-order valence-corrected chi connectivity index (χ0v) is 11.8. The van der Waals surface area contributed by atoms with Gasteiger partial charge in [-0.25, -0.2) is 0 Å². The molecular weight excluding hydrogens is 224 g/mol. The van der Waals surface area contributed by atoms with Crippen LogP contribution in [0, 0.1) is 12.8 Å². The first-order valence-corrected chi connectivity index (χ1v) is 6.61. The number of anilines is 1. The Labute approximate surface area is 110 Å². The highest BCUT2D eigenvalue weighted by Crippen LogP contribution is 2.14. The lowest BCUT2D eigenvalue weighted by molar-refractivity contribution is 0.0935. The van der Waals surface area contributed by atoms with Crippen molar-refractivity contribution in [3.63, 3.8) is 0 Å². The number of carbonyl (C=O) groups excluding carboxylic acids is 1. The van der Waals surface area contributed by atoms with Crippen molar-refractivity contribution in [2.75, 3.05) is 5.73 Å². The quantitative estimate of drug-likeness (QED) is 0.787. The van der Waals surface area contributed by atoms with Crippen molar-refractivity contribution in [2.45, 2.75) is 46.6 Å². The number of nitrogens with one attached hydrogen (secondary N) is 1. The molecule has 1 amide bonds. The van der Waals surface area contributed by atoms with Crippen LogP contribution in [0.25, 0.3) is 0 Å². The summed E-state index contributed by atoms with van der Waals surface area (Å²) in [6.45, 7) is 8.34. The second kappa shape index (κ2) is 6.43. The fourth-order valence-corrected chi connectivity index (χ4v) is 2.01. The highest BCUT2D eigenvalue weighted by molar-refractivity contribution is 5.96. The van der Waals surface area contributed by atoms with Crippen LogP contribution in [-0.4, -0.2) is 11.9 Å². The molecule has 0 heterocycles. The van der Waals surface area contributed by atoms with Crippen LogP contribution < -0.4 is 11.1 Å². The Kier molecular flexibility index (Phi) is 5.20. The summed E-state index contributed by atoms with van der Waals surface area (Å²) in [7, 11) is 0. The third-order valence-corrected chi connectivity index (χ3v) is 3.34. The van der Waals surface area contributed by atoms with Crippen LogP contribution >= 0.6 is 0 Å². The van der Waals surface area contributed by atoms with E-state index in [0.29, 0.717) is 17.2 Å². The minimum atomic E-state index is -0.0318. The number of benzene rings is 1. The zero-order chi connectivity index (χ0) is 13.7. The van der Waals surface area contributed by atoms with Gasteiger partial charge in [-0.1, -0.05) is 26.3 Å². The van der Waals surface area contributed by atoms with E-state index in [-0.39, 0.29) is 11.9 Å². The third-order valence-electron chi connectivity index (χ3n) is 3.34. The molecule has 0 aromatic heterocycles. The number of nitrogen functional groups attached to an aromatic ring is 1. The maximum Gasteiger partial charge on any atom is 0.251 e. The highest BCUT2D eigenvalue weighted by atomic mass is 16.1. The van der Waals surface area contributed by atoms with Crippen molar-refractivity contribution >= 4 is 11.6 Å². The first-order valence-electron chi connectivity index (χ1n) is 6.61. The molecule has 0 saturated heterocycles. The molecule has 2 atom stereocenters. The molecular formula is C15H24N2O. The lowest BCUT2D eigenvalue weighted by Gasteiger charge is -2.18. The van der Waals surface area contributed by atoms with Gasteiger partial charge in [-0.3, -0.25) is 4.79 Å². The Morgan fingerprint density at radius 2 is 2.06 bits per heavy atom. The van der Waals surface area contributed by atoms with Crippen molar-refractivity contribution in [1.29, 1.82) is 0 Å². The molecule has 1 aromatic rings. The molecule has 0 radical (unpaired) electrons. The Balaban J connectivity index is 2.67. The average molecular weight is 248 g/mol. The van der Waals surface area contributed by atoms with Gasteiger partial charge in [-0.2, -0.15) is 0 Å². The van der Waals surface area contributed by atoms with Gasteiger partial charge >= 0.3 is 0 Å². The summed E-state index contributed by atoms with van der Waals surface area (Å²) in [5.41, 5.74) is 7.97. The van der Waals surface area contributed by atoms with Gasteiger partial charge in [0.1, 0.15) is 0 Å². The van der Waals surface area contributed by atoms with Crippen LogP contribution in [0.15, 0.2) is 18.2 Å². The summed E-state index contributed by atoms with van der Waals surface area (Å²) in [5, 5.41) is 3.03. The van der Waals surface area contributed by atoms with Gasteiger partial charge in [0.25, 0.3) is 5.91 Å². The van der Waals surface area contributed by atoms with Crippen LogP contribution in [0.2, 0.25) is 0 Å². The number of nitrogens with two attached hydrogens (primary N) is 1. The maximum absolute atomic E-state index is 12.1. The number of hydrogen-bond donors (Lipinski definition) is 2. The van der Waals surface area contributed by atoms with Crippen LogP contribution in [0.3, 0.4) is 0 Å². The second-order valence-electron chi connectivity index (χ2n) is 5.20. The van der Waals surface area contributed by atoms with Crippen LogP contribution in [-0.2, 0) is 0 Å². The molecule has 1 aromatic carbocycles. The lowest BCUT2D eigenvalue weighted by atomic mass is 10.00. The van der Waals surface area contributed by atoms with Crippen molar-refractivity contribution in [3.8, 4) is 0 Å². The van der Waals surface area contributed by atoms with E-state index in [4.69, 9.17) is 5.73 Å². The molecule has 3 heteroatoms. The Bertz CT molecular complexity index is 415. The summed E-state index contributed by atoms with van der Waals surface area (Å²) in [6, 6.07) is 5.62. The summed E-state index contributed by atoms with van der Waals surface area (Å²) in [6.07, 6.45) is 2.14. The van der Waals surface area contributed by atoms with Gasteiger partial charge in [-0.05, 0) is 43.9 Å². The Morgan fingerprint density at radius 1 is 1.39 bits per heavy atom. The zero-order valence-electron chi connectivity index (χ0n) is 11.8. The van der Waals surface area contributed by atoms with Crippen molar-refractivity contribution in [2.24, 2.45) is 5.92 Å². The molecule has 2 unspecified atom stereocenters. The summed E-state index contributed by atoms with van der Waals surface area (Å²) in [4.78, 5) is 12.1. The number of rotatable bonds is 5.